The van der Waals surface area contributed by atoms with Gasteiger partial charge in [-0.15, -0.1) is 4.91 Å². The number of nitroso groups, excluding NO2 is 1. The van der Waals surface area contributed by atoms with Crippen LogP contribution in [0.2, 0.25) is 0 Å². The number of benzene rings is 2. The highest BCUT2D eigenvalue weighted by atomic mass is 19.1. The van der Waals surface area contributed by atoms with Crippen LogP contribution in [0.5, 0.6) is 11.5 Å². The summed E-state index contributed by atoms with van der Waals surface area (Å²) >= 11 is 0. The van der Waals surface area contributed by atoms with Crippen molar-refractivity contribution in [1.82, 2.24) is 4.98 Å². The van der Waals surface area contributed by atoms with Crippen molar-refractivity contribution in [3.63, 3.8) is 0 Å². The normalized spacial score (nSPS) is 10.3. The van der Waals surface area contributed by atoms with Crippen molar-refractivity contribution in [2.45, 2.75) is 6.67 Å². The van der Waals surface area contributed by atoms with E-state index in [-0.39, 0.29) is 11.4 Å². The Hall–Kier alpha value is -3.55. The number of aromatic nitrogens is 1. The van der Waals surface area contributed by atoms with Gasteiger partial charge in [-0.3, -0.25) is 9.78 Å². The van der Waals surface area contributed by atoms with Gasteiger partial charge in [0, 0.05) is 11.8 Å². The molecule has 0 fully saturated rings. The van der Waals surface area contributed by atoms with Crippen LogP contribution in [0, 0.1) is 4.91 Å². The molecule has 0 spiro atoms. The van der Waals surface area contributed by atoms with E-state index in [0.29, 0.717) is 28.3 Å². The van der Waals surface area contributed by atoms with Crippen LogP contribution in [0.15, 0.2) is 65.8 Å². The Morgan fingerprint density at radius 1 is 1.11 bits per heavy atom. The van der Waals surface area contributed by atoms with Crippen LogP contribution in [-0.2, 0) is 6.67 Å². The molecule has 1 N–H and O–H groups in total. The van der Waals surface area contributed by atoms with Gasteiger partial charge in [0.1, 0.15) is 23.9 Å². The molecule has 1 aromatic heterocycles. The number of carbonyl (C=O) groups excluding carboxylic acids is 1. The number of hydrogen-bond donors (Lipinski definition) is 1. The monoisotopic (exact) mass is 363 g/mol. The highest BCUT2D eigenvalue weighted by Gasteiger charge is 2.15. The lowest BCUT2D eigenvalue weighted by Gasteiger charge is -2.10. The van der Waals surface area contributed by atoms with Gasteiger partial charge < -0.3 is 10.1 Å². The molecule has 1 heterocycles. The first kappa shape index (κ1) is 18.3. The quantitative estimate of drug-likeness (QED) is 0.539. The van der Waals surface area contributed by atoms with E-state index >= 15 is 0 Å². The lowest BCUT2D eigenvalue weighted by molar-refractivity contribution is 0.102. The molecule has 1 amide bonds. The average molecular weight is 363 g/mol. The molecule has 0 saturated carbocycles. The van der Waals surface area contributed by atoms with Gasteiger partial charge in [0.25, 0.3) is 5.91 Å². The number of nitrogens with zero attached hydrogens (tertiary/aromatic N) is 2. The molecule has 3 aromatic rings. The number of amides is 1. The van der Waals surface area contributed by atoms with E-state index in [9.17, 15) is 14.1 Å². The lowest BCUT2D eigenvalue weighted by atomic mass is 10.0. The van der Waals surface area contributed by atoms with E-state index in [1.165, 1.54) is 6.07 Å². The molecule has 0 atom stereocenters. The third-order valence-corrected chi connectivity index (χ3v) is 3.71. The molecule has 2 aromatic carbocycles. The van der Waals surface area contributed by atoms with Gasteiger partial charge in [0.15, 0.2) is 13.5 Å². The van der Waals surface area contributed by atoms with Crippen molar-refractivity contribution in [3.8, 4) is 11.5 Å². The first-order valence-electron chi connectivity index (χ1n) is 8.14. The summed E-state index contributed by atoms with van der Waals surface area (Å²) in [4.78, 5) is 27.4. The predicted molar refractivity (Wildman–Crippen MR) is 104 cm³/mol. The van der Waals surface area contributed by atoms with E-state index in [4.69, 9.17) is 4.74 Å². The maximum atomic E-state index is 12.8. The van der Waals surface area contributed by atoms with Gasteiger partial charge >= 0.3 is 0 Å². The van der Waals surface area contributed by atoms with E-state index in [1.54, 1.807) is 62.4 Å². The number of nitrogens with one attached hydrogen (secondary N) is 1. The van der Waals surface area contributed by atoms with Crippen LogP contribution in [0.4, 0.5) is 15.8 Å². The van der Waals surface area contributed by atoms with Gasteiger partial charge in [-0.05, 0) is 52.7 Å². The van der Waals surface area contributed by atoms with Crippen LogP contribution in [-0.4, -0.2) is 18.7 Å². The van der Waals surface area contributed by atoms with Gasteiger partial charge in [0.05, 0.1) is 0 Å². The Morgan fingerprint density at radius 2 is 1.85 bits per heavy atom. The average Bonchev–Trinajstić information content (AvgIpc) is 2.68. The summed E-state index contributed by atoms with van der Waals surface area (Å²) in [6, 6.07) is 16.4. The zero-order valence-corrected chi connectivity index (χ0v) is 14.5. The second kappa shape index (κ2) is 8.22. The number of halogens is 1. The number of carbonyl (C=O) groups is 1. The number of ether oxygens (including phenoxy) is 1. The first-order valence-corrected chi connectivity index (χ1v) is 8.14. The summed E-state index contributed by atoms with van der Waals surface area (Å²) in [6.07, 6.45) is 0. The molecule has 0 aliphatic heterocycles. The second-order valence-electron chi connectivity index (χ2n) is 5.78. The maximum absolute atomic E-state index is 12.8. The summed E-state index contributed by atoms with van der Waals surface area (Å²) in [6.45, 7) is -0.579. The summed E-state index contributed by atoms with van der Waals surface area (Å²) in [5, 5.41) is 5.50. The Bertz CT molecular complexity index is 997. The fourth-order valence-electron chi connectivity index (χ4n) is 2.45. The van der Waals surface area contributed by atoms with Crippen molar-refractivity contribution < 1.29 is 13.9 Å². The molecule has 0 aliphatic carbocycles. The van der Waals surface area contributed by atoms with Gasteiger partial charge in [-0.25, -0.2) is 4.39 Å². The van der Waals surface area contributed by atoms with Crippen LogP contribution >= 0.6 is 0 Å². The van der Waals surface area contributed by atoms with Crippen molar-refractivity contribution in [3.05, 3.63) is 76.8 Å². The molecule has 0 bridgehead atoms. The topological polar surface area (TPSA) is 80.7 Å². The molecular formula is C19H15BFN3O3. The van der Waals surface area contributed by atoms with Crippen molar-refractivity contribution >= 4 is 30.7 Å². The van der Waals surface area contributed by atoms with Crippen molar-refractivity contribution in [2.75, 3.05) is 5.32 Å². The summed E-state index contributed by atoms with van der Waals surface area (Å²) in [5.74, 6) is 0.404. The standard InChI is InChI=1S/C19H15BFN3O3/c20-17-8-7-16(24-26)18(23-17)19(25)22-13-4-2-6-15(10-13)27-14-5-1-3-12(9-14)11-21/h1-10H,11,20H2,(H,22,25). The van der Waals surface area contributed by atoms with Crippen LogP contribution in [0.3, 0.4) is 0 Å². The van der Waals surface area contributed by atoms with E-state index in [0.717, 1.165) is 0 Å². The maximum Gasteiger partial charge on any atom is 0.276 e. The van der Waals surface area contributed by atoms with E-state index in [2.05, 4.69) is 15.5 Å². The Kier molecular flexibility index (Phi) is 5.56. The Labute approximate surface area is 155 Å². The molecule has 0 aliphatic rings. The van der Waals surface area contributed by atoms with Crippen LogP contribution in [0.1, 0.15) is 16.1 Å². The fourth-order valence-corrected chi connectivity index (χ4v) is 2.45. The second-order valence-corrected chi connectivity index (χ2v) is 5.78. The zero-order valence-electron chi connectivity index (χ0n) is 14.5. The molecule has 3 rings (SSSR count). The molecule has 0 unspecified atom stereocenters. The Morgan fingerprint density at radius 3 is 2.59 bits per heavy atom. The molecule has 8 heteroatoms. The summed E-state index contributed by atoms with van der Waals surface area (Å²) < 4.78 is 18.5. The minimum Gasteiger partial charge on any atom is -0.457 e. The number of hydrogen-bond acceptors (Lipinski definition) is 5. The first-order chi connectivity index (χ1) is 13.1. The minimum atomic E-state index is -0.579. The summed E-state index contributed by atoms with van der Waals surface area (Å²) in [7, 11) is 1.71. The number of alkyl halides is 1. The number of rotatable bonds is 6. The van der Waals surface area contributed by atoms with Crippen LogP contribution < -0.4 is 15.6 Å². The summed E-state index contributed by atoms with van der Waals surface area (Å²) in [5.41, 5.74) is 1.48. The molecular weight excluding hydrogens is 348 g/mol. The zero-order chi connectivity index (χ0) is 19.2. The third-order valence-electron chi connectivity index (χ3n) is 3.71. The van der Waals surface area contributed by atoms with Gasteiger partial charge in [0.2, 0.25) is 0 Å². The predicted octanol–water partition coefficient (Wildman–Crippen LogP) is 3.25. The minimum absolute atomic E-state index is 0.0338. The molecule has 6 nitrogen and oxygen atoms in total. The number of pyridine rings is 1. The fraction of sp³-hybridized carbons (Fsp3) is 0.0526. The number of anilines is 1. The molecule has 134 valence electrons. The highest BCUT2D eigenvalue weighted by Crippen LogP contribution is 2.26. The van der Waals surface area contributed by atoms with Gasteiger partial charge in [-0.2, -0.15) is 0 Å². The highest BCUT2D eigenvalue weighted by molar-refractivity contribution is 6.31. The molecule has 0 radical (unpaired) electrons. The van der Waals surface area contributed by atoms with E-state index < -0.39 is 12.6 Å². The lowest BCUT2D eigenvalue weighted by Crippen LogP contribution is -2.19. The smallest absolute Gasteiger partial charge is 0.276 e. The third kappa shape index (κ3) is 4.55. The Balaban J connectivity index is 1.78. The largest absolute Gasteiger partial charge is 0.457 e. The van der Waals surface area contributed by atoms with E-state index in [1.807, 2.05) is 0 Å². The van der Waals surface area contributed by atoms with Crippen LogP contribution in [0.25, 0.3) is 0 Å². The SMILES string of the molecule is Bc1ccc(N=O)c(C(=O)Nc2cccc(Oc3cccc(CF)c3)c2)n1. The van der Waals surface area contributed by atoms with Crippen molar-refractivity contribution in [2.24, 2.45) is 5.18 Å². The van der Waals surface area contributed by atoms with Gasteiger partial charge in [-0.1, -0.05) is 18.2 Å². The molecule has 27 heavy (non-hydrogen) atoms. The van der Waals surface area contributed by atoms with Crippen molar-refractivity contribution in [1.29, 1.82) is 0 Å². The molecule has 0 saturated heterocycles.